The number of nitrogens with two attached hydrogens (primary N) is 1. The topological polar surface area (TPSA) is 43.8 Å². The summed E-state index contributed by atoms with van der Waals surface area (Å²) in [5, 5.41) is 5.39. The lowest BCUT2D eigenvalue weighted by molar-refractivity contribution is 0.247. The second-order valence-electron chi connectivity index (χ2n) is 5.98. The number of aromatic nitrogens is 2. The standard InChI is InChI=1S/C15H26ClN3/c1-3-12-14(16)13(19(2)18-12)10-15(11-17)8-6-4-5-7-9-15/h3-11,17H2,1-2H3. The Morgan fingerprint density at radius 1 is 1.26 bits per heavy atom. The molecule has 108 valence electrons. The molecule has 0 aliphatic heterocycles. The van der Waals surface area contributed by atoms with Crippen LogP contribution in [-0.4, -0.2) is 16.3 Å². The molecule has 3 nitrogen and oxygen atoms in total. The lowest BCUT2D eigenvalue weighted by Crippen LogP contribution is -2.33. The Kier molecular flexibility index (Phi) is 4.91. The highest BCUT2D eigenvalue weighted by molar-refractivity contribution is 6.31. The summed E-state index contributed by atoms with van der Waals surface area (Å²) < 4.78 is 1.96. The Labute approximate surface area is 121 Å². The van der Waals surface area contributed by atoms with Crippen LogP contribution in [0.1, 0.15) is 56.8 Å². The number of hydrogen-bond acceptors (Lipinski definition) is 2. The fraction of sp³-hybridized carbons (Fsp3) is 0.800. The van der Waals surface area contributed by atoms with E-state index in [1.165, 1.54) is 44.2 Å². The zero-order valence-corrected chi connectivity index (χ0v) is 13.0. The Morgan fingerprint density at radius 3 is 2.37 bits per heavy atom. The molecule has 2 rings (SSSR count). The third-order valence-electron chi connectivity index (χ3n) is 4.64. The molecular formula is C15H26ClN3. The van der Waals surface area contributed by atoms with Gasteiger partial charge in [0.15, 0.2) is 0 Å². The highest BCUT2D eigenvalue weighted by Gasteiger charge is 2.32. The molecule has 2 N–H and O–H groups in total. The van der Waals surface area contributed by atoms with Gasteiger partial charge in [-0.25, -0.2) is 0 Å². The molecule has 1 aliphatic rings. The molecule has 1 heterocycles. The van der Waals surface area contributed by atoms with Gasteiger partial charge in [0.05, 0.1) is 16.4 Å². The van der Waals surface area contributed by atoms with E-state index in [9.17, 15) is 0 Å². The normalized spacial score (nSPS) is 19.4. The fourth-order valence-electron chi connectivity index (χ4n) is 3.30. The maximum atomic E-state index is 6.48. The molecule has 0 atom stereocenters. The summed E-state index contributed by atoms with van der Waals surface area (Å²) in [5.74, 6) is 0. The van der Waals surface area contributed by atoms with Gasteiger partial charge in [0.2, 0.25) is 0 Å². The third-order valence-corrected chi connectivity index (χ3v) is 5.08. The first-order chi connectivity index (χ1) is 9.12. The van der Waals surface area contributed by atoms with Gasteiger partial charge in [-0.2, -0.15) is 5.10 Å². The summed E-state index contributed by atoms with van der Waals surface area (Å²) in [5.41, 5.74) is 8.54. The summed E-state index contributed by atoms with van der Waals surface area (Å²) in [7, 11) is 2.00. The molecule has 1 saturated carbocycles. The molecule has 1 aromatic heterocycles. The van der Waals surface area contributed by atoms with Crippen LogP contribution in [0.3, 0.4) is 0 Å². The molecule has 0 spiro atoms. The first kappa shape index (κ1) is 14.9. The lowest BCUT2D eigenvalue weighted by atomic mass is 9.76. The van der Waals surface area contributed by atoms with Crippen molar-refractivity contribution >= 4 is 11.6 Å². The van der Waals surface area contributed by atoms with E-state index < -0.39 is 0 Å². The molecule has 0 saturated heterocycles. The van der Waals surface area contributed by atoms with E-state index in [-0.39, 0.29) is 5.41 Å². The van der Waals surface area contributed by atoms with Crippen LogP contribution >= 0.6 is 11.6 Å². The van der Waals surface area contributed by atoms with Crippen molar-refractivity contribution in [3.8, 4) is 0 Å². The molecular weight excluding hydrogens is 258 g/mol. The number of nitrogens with zero attached hydrogens (tertiary/aromatic N) is 2. The first-order valence-electron chi connectivity index (χ1n) is 7.52. The third kappa shape index (κ3) is 3.14. The molecule has 19 heavy (non-hydrogen) atoms. The quantitative estimate of drug-likeness (QED) is 0.860. The number of aryl methyl sites for hydroxylation is 2. The number of rotatable bonds is 4. The minimum atomic E-state index is 0.235. The van der Waals surface area contributed by atoms with Crippen LogP contribution in [0.15, 0.2) is 0 Å². The summed E-state index contributed by atoms with van der Waals surface area (Å²) in [6.45, 7) is 2.86. The molecule has 0 unspecified atom stereocenters. The van der Waals surface area contributed by atoms with Gasteiger partial charge in [-0.3, -0.25) is 4.68 Å². The molecule has 1 fully saturated rings. The van der Waals surface area contributed by atoms with Crippen LogP contribution in [0.2, 0.25) is 5.02 Å². The van der Waals surface area contributed by atoms with Crippen molar-refractivity contribution in [3.63, 3.8) is 0 Å². The van der Waals surface area contributed by atoms with E-state index in [2.05, 4.69) is 12.0 Å². The van der Waals surface area contributed by atoms with Crippen LogP contribution in [0.25, 0.3) is 0 Å². The molecule has 0 aromatic carbocycles. The Morgan fingerprint density at radius 2 is 1.89 bits per heavy atom. The van der Waals surface area contributed by atoms with Gasteiger partial charge in [-0.05, 0) is 37.6 Å². The van der Waals surface area contributed by atoms with E-state index in [4.69, 9.17) is 17.3 Å². The minimum Gasteiger partial charge on any atom is -0.330 e. The van der Waals surface area contributed by atoms with E-state index in [0.29, 0.717) is 0 Å². The second kappa shape index (κ2) is 6.27. The maximum absolute atomic E-state index is 6.48. The minimum absolute atomic E-state index is 0.235. The Balaban J connectivity index is 2.24. The molecule has 0 radical (unpaired) electrons. The van der Waals surface area contributed by atoms with Crippen molar-refractivity contribution in [3.05, 3.63) is 16.4 Å². The first-order valence-corrected chi connectivity index (χ1v) is 7.90. The van der Waals surface area contributed by atoms with E-state index in [1.54, 1.807) is 0 Å². The molecule has 0 amide bonds. The van der Waals surface area contributed by atoms with E-state index in [0.717, 1.165) is 30.1 Å². The summed E-state index contributed by atoms with van der Waals surface area (Å²) >= 11 is 6.48. The van der Waals surface area contributed by atoms with Crippen LogP contribution in [-0.2, 0) is 19.9 Å². The molecule has 1 aromatic rings. The van der Waals surface area contributed by atoms with Crippen molar-refractivity contribution in [2.24, 2.45) is 18.2 Å². The predicted molar refractivity (Wildman–Crippen MR) is 80.5 cm³/mol. The van der Waals surface area contributed by atoms with Crippen LogP contribution in [0.4, 0.5) is 0 Å². The molecule has 0 bridgehead atoms. The van der Waals surface area contributed by atoms with Crippen LogP contribution < -0.4 is 5.73 Å². The van der Waals surface area contributed by atoms with Crippen molar-refractivity contribution < 1.29 is 0 Å². The van der Waals surface area contributed by atoms with Crippen molar-refractivity contribution in [1.82, 2.24) is 9.78 Å². The zero-order valence-electron chi connectivity index (χ0n) is 12.2. The summed E-state index contributed by atoms with van der Waals surface area (Å²) in [6, 6.07) is 0. The molecule has 4 heteroatoms. The van der Waals surface area contributed by atoms with Crippen molar-refractivity contribution in [1.29, 1.82) is 0 Å². The summed E-state index contributed by atoms with van der Waals surface area (Å²) in [4.78, 5) is 0. The lowest BCUT2D eigenvalue weighted by Gasteiger charge is -2.31. The average molecular weight is 284 g/mol. The summed E-state index contributed by atoms with van der Waals surface area (Å²) in [6.07, 6.45) is 9.62. The van der Waals surface area contributed by atoms with Gasteiger partial charge < -0.3 is 5.73 Å². The number of halogens is 1. The largest absolute Gasteiger partial charge is 0.330 e. The SMILES string of the molecule is CCc1nn(C)c(CC2(CN)CCCCCC2)c1Cl. The zero-order chi connectivity index (χ0) is 13.9. The highest BCUT2D eigenvalue weighted by Crippen LogP contribution is 2.39. The predicted octanol–water partition coefficient (Wildman–Crippen LogP) is 3.48. The molecule has 1 aliphatic carbocycles. The highest BCUT2D eigenvalue weighted by atomic mass is 35.5. The van der Waals surface area contributed by atoms with Gasteiger partial charge in [-0.15, -0.1) is 0 Å². The smallest absolute Gasteiger partial charge is 0.0849 e. The van der Waals surface area contributed by atoms with Crippen LogP contribution in [0.5, 0.6) is 0 Å². The second-order valence-corrected chi connectivity index (χ2v) is 6.36. The van der Waals surface area contributed by atoms with E-state index in [1.807, 2.05) is 11.7 Å². The fourth-order valence-corrected chi connectivity index (χ4v) is 3.66. The Bertz CT molecular complexity index is 417. The van der Waals surface area contributed by atoms with Gasteiger partial charge in [0, 0.05) is 7.05 Å². The van der Waals surface area contributed by atoms with Gasteiger partial charge in [0.1, 0.15) is 0 Å². The maximum Gasteiger partial charge on any atom is 0.0849 e. The van der Waals surface area contributed by atoms with E-state index >= 15 is 0 Å². The average Bonchev–Trinajstić information content (AvgIpc) is 2.62. The monoisotopic (exact) mass is 283 g/mol. The van der Waals surface area contributed by atoms with Gasteiger partial charge >= 0.3 is 0 Å². The van der Waals surface area contributed by atoms with Gasteiger partial charge in [-0.1, -0.05) is 44.2 Å². The Hall–Kier alpha value is -0.540. The van der Waals surface area contributed by atoms with Gasteiger partial charge in [0.25, 0.3) is 0 Å². The van der Waals surface area contributed by atoms with Crippen LogP contribution in [0, 0.1) is 5.41 Å². The number of hydrogen-bond donors (Lipinski definition) is 1. The van der Waals surface area contributed by atoms with Crippen molar-refractivity contribution in [2.75, 3.05) is 6.54 Å². The van der Waals surface area contributed by atoms with Crippen molar-refractivity contribution in [2.45, 2.75) is 58.3 Å².